The van der Waals surface area contributed by atoms with Crippen LogP contribution in [0.5, 0.6) is 0 Å². The van der Waals surface area contributed by atoms with E-state index in [1.54, 1.807) is 0 Å². The Morgan fingerprint density at radius 1 is 1.58 bits per heavy atom. The third kappa shape index (κ3) is 3.02. The van der Waals surface area contributed by atoms with Gasteiger partial charge in [-0.05, 0) is 0 Å². The lowest BCUT2D eigenvalue weighted by Gasteiger charge is -1.88. The lowest BCUT2D eigenvalue weighted by atomic mass is 10.4. The van der Waals surface area contributed by atoms with Crippen molar-refractivity contribution in [2.75, 3.05) is 0 Å². The van der Waals surface area contributed by atoms with Gasteiger partial charge in [-0.1, -0.05) is 17.2 Å². The van der Waals surface area contributed by atoms with E-state index >= 15 is 0 Å². The van der Waals surface area contributed by atoms with E-state index < -0.39 is 4.92 Å². The normalized spacial score (nSPS) is 8.08. The maximum absolute atomic E-state index is 10.1. The smallest absolute Gasteiger partial charge is 0.258 e. The highest BCUT2D eigenvalue weighted by molar-refractivity contribution is 6.29. The molecule has 0 saturated heterocycles. The van der Waals surface area contributed by atoms with Gasteiger partial charge in [0.15, 0.2) is 0 Å². The van der Waals surface area contributed by atoms with Crippen LogP contribution in [0.1, 0.15) is 0 Å². The Morgan fingerprint density at radius 2 is 2.17 bits per heavy atom. The summed E-state index contributed by atoms with van der Waals surface area (Å²) in [5.41, 5.74) is 4.46. The van der Waals surface area contributed by atoms with Crippen molar-refractivity contribution in [2.24, 2.45) is 0 Å². The van der Waals surface area contributed by atoms with E-state index in [2.05, 4.69) is 10.6 Å². The molecule has 0 atom stereocenters. The quantitative estimate of drug-likeness (QED) is 0.316. The number of nitro groups is 1. The van der Waals surface area contributed by atoms with Crippen molar-refractivity contribution < 1.29 is 4.92 Å². The standard InChI is InChI=1S/C5H3ClN2O2.HNO/c6-5-3-4(8(9)10)1-2-7-5;1-2/h1-3H;1H. The predicted octanol–water partition coefficient (Wildman–Crippen LogP) is 1.97. The Balaban J connectivity index is 0.000000561. The van der Waals surface area contributed by atoms with E-state index in [1.807, 2.05) is 0 Å². The fraction of sp³-hybridized carbons (Fsp3) is 0. The molecular formula is C5H4ClN3O3. The highest BCUT2D eigenvalue weighted by atomic mass is 35.5. The van der Waals surface area contributed by atoms with Gasteiger partial charge in [0.05, 0.1) is 11.0 Å². The summed E-state index contributed by atoms with van der Waals surface area (Å²) in [4.78, 5) is 20.6. The average Bonchev–Trinajstić information content (AvgIpc) is 2.08. The minimum atomic E-state index is -0.520. The first-order valence-corrected chi connectivity index (χ1v) is 3.04. The zero-order chi connectivity index (χ0) is 9.56. The van der Waals surface area contributed by atoms with Crippen LogP contribution in [0.4, 0.5) is 5.69 Å². The van der Waals surface area contributed by atoms with Crippen LogP contribution in [0, 0.1) is 20.6 Å². The number of aromatic nitrogens is 1. The van der Waals surface area contributed by atoms with Crippen LogP contribution in [0.3, 0.4) is 0 Å². The molecule has 1 aromatic heterocycles. The van der Waals surface area contributed by atoms with Gasteiger partial charge in [0.1, 0.15) is 5.15 Å². The Hall–Kier alpha value is -1.56. The summed E-state index contributed by atoms with van der Waals surface area (Å²) < 4.78 is 0. The molecule has 7 heteroatoms. The molecule has 1 N–H and O–H groups in total. The molecule has 0 aliphatic rings. The molecule has 0 bridgehead atoms. The van der Waals surface area contributed by atoms with Crippen molar-refractivity contribution in [2.45, 2.75) is 0 Å². The zero-order valence-electron chi connectivity index (χ0n) is 5.73. The second-order valence-electron chi connectivity index (χ2n) is 1.59. The van der Waals surface area contributed by atoms with Crippen LogP contribution >= 0.6 is 11.6 Å². The maximum Gasteiger partial charge on any atom is 0.274 e. The molecule has 0 saturated carbocycles. The van der Waals surface area contributed by atoms with Crippen molar-refractivity contribution in [3.05, 3.63) is 38.5 Å². The zero-order valence-corrected chi connectivity index (χ0v) is 6.49. The molecule has 1 rings (SSSR count). The predicted molar refractivity (Wildman–Crippen MR) is 42.0 cm³/mol. The number of hydrogen-bond acceptors (Lipinski definition) is 5. The van der Waals surface area contributed by atoms with Crippen molar-refractivity contribution in [3.63, 3.8) is 0 Å². The summed E-state index contributed by atoms with van der Waals surface area (Å²) in [7, 11) is 0. The highest BCUT2D eigenvalue weighted by Crippen LogP contribution is 2.13. The van der Waals surface area contributed by atoms with Crippen LogP contribution in [0.15, 0.2) is 18.3 Å². The van der Waals surface area contributed by atoms with Crippen molar-refractivity contribution in [1.82, 2.24) is 4.98 Å². The van der Waals surface area contributed by atoms with Gasteiger partial charge in [-0.2, -0.15) is 4.91 Å². The molecule has 0 amide bonds. The van der Waals surface area contributed by atoms with Crippen molar-refractivity contribution >= 4 is 17.3 Å². The van der Waals surface area contributed by atoms with Crippen LogP contribution < -0.4 is 0 Å². The molecule has 64 valence electrons. The van der Waals surface area contributed by atoms with E-state index in [4.69, 9.17) is 16.5 Å². The number of pyridine rings is 1. The summed E-state index contributed by atoms with van der Waals surface area (Å²) in [5.74, 6) is 0. The van der Waals surface area contributed by atoms with Gasteiger partial charge >= 0.3 is 0 Å². The van der Waals surface area contributed by atoms with Gasteiger partial charge in [0.2, 0.25) is 0 Å². The molecule has 0 spiro atoms. The Bertz CT molecular complexity index is 280. The van der Waals surface area contributed by atoms with Crippen LogP contribution in [0.25, 0.3) is 0 Å². The molecule has 12 heavy (non-hydrogen) atoms. The summed E-state index contributed by atoms with van der Waals surface area (Å²) in [6, 6.07) is 2.48. The third-order valence-electron chi connectivity index (χ3n) is 0.921. The Labute approximate surface area is 72.1 Å². The number of hydrogen-bond donors (Lipinski definition) is 1. The van der Waals surface area contributed by atoms with Gasteiger partial charge in [-0.3, -0.25) is 10.1 Å². The monoisotopic (exact) mass is 189 g/mol. The van der Waals surface area contributed by atoms with E-state index in [0.29, 0.717) is 0 Å². The summed E-state index contributed by atoms with van der Waals surface area (Å²) >= 11 is 5.37. The topological polar surface area (TPSA) is 97.0 Å². The van der Waals surface area contributed by atoms with E-state index in [0.717, 1.165) is 0 Å². The number of rotatable bonds is 1. The van der Waals surface area contributed by atoms with Gasteiger partial charge < -0.3 is 0 Å². The summed E-state index contributed by atoms with van der Waals surface area (Å²) in [6.45, 7) is 0. The number of nitrogens with one attached hydrogen (secondary N) is 1. The van der Waals surface area contributed by atoms with Crippen LogP contribution in [-0.2, 0) is 0 Å². The SMILES string of the molecule is N=O.O=[N+]([O-])c1ccnc(Cl)c1. The molecule has 0 aliphatic heterocycles. The van der Waals surface area contributed by atoms with Gasteiger partial charge in [-0.15, -0.1) is 0 Å². The second kappa shape index (κ2) is 5.14. The number of halogens is 1. The van der Waals surface area contributed by atoms with Crippen LogP contribution in [0.2, 0.25) is 5.15 Å². The molecule has 0 unspecified atom stereocenters. The average molecular weight is 190 g/mol. The number of nitroso groups, excluding NO2 is 1. The first kappa shape index (κ1) is 10.4. The van der Waals surface area contributed by atoms with Crippen molar-refractivity contribution in [1.29, 1.82) is 5.59 Å². The van der Waals surface area contributed by atoms with E-state index in [1.165, 1.54) is 18.3 Å². The fourth-order valence-electron chi connectivity index (χ4n) is 0.506. The number of nitrogens with zero attached hydrogens (tertiary/aromatic N) is 2. The van der Waals surface area contributed by atoms with Crippen LogP contribution in [-0.4, -0.2) is 9.91 Å². The summed E-state index contributed by atoms with van der Waals surface area (Å²) in [6.07, 6.45) is 1.29. The summed E-state index contributed by atoms with van der Waals surface area (Å²) in [5, 5.41) is 10.2. The highest BCUT2D eigenvalue weighted by Gasteiger charge is 2.03. The largest absolute Gasteiger partial charge is 0.274 e. The molecule has 1 heterocycles. The van der Waals surface area contributed by atoms with E-state index in [-0.39, 0.29) is 10.8 Å². The maximum atomic E-state index is 10.1. The molecule has 6 nitrogen and oxygen atoms in total. The van der Waals surface area contributed by atoms with Gasteiger partial charge in [-0.25, -0.2) is 4.98 Å². The van der Waals surface area contributed by atoms with Crippen molar-refractivity contribution in [3.8, 4) is 0 Å². The molecule has 0 aliphatic carbocycles. The molecule has 1 aromatic rings. The first-order valence-electron chi connectivity index (χ1n) is 2.66. The second-order valence-corrected chi connectivity index (χ2v) is 1.98. The Kier molecular flexibility index (Phi) is 4.47. The van der Waals surface area contributed by atoms with Gasteiger partial charge in [0.25, 0.3) is 5.69 Å². The molecular weight excluding hydrogens is 186 g/mol. The minimum absolute atomic E-state index is 0.0417. The molecule has 0 fully saturated rings. The molecule has 0 aromatic carbocycles. The lowest BCUT2D eigenvalue weighted by molar-refractivity contribution is -0.384. The first-order chi connectivity index (χ1) is 5.70. The van der Waals surface area contributed by atoms with E-state index in [9.17, 15) is 10.1 Å². The molecule has 0 radical (unpaired) electrons. The Morgan fingerprint density at radius 3 is 2.50 bits per heavy atom. The van der Waals surface area contributed by atoms with Gasteiger partial charge in [0, 0.05) is 12.3 Å². The third-order valence-corrected chi connectivity index (χ3v) is 1.13. The lowest BCUT2D eigenvalue weighted by Crippen LogP contribution is -1.87. The fourth-order valence-corrected chi connectivity index (χ4v) is 0.674. The minimum Gasteiger partial charge on any atom is -0.258 e.